The van der Waals surface area contributed by atoms with Gasteiger partial charge in [0.1, 0.15) is 5.82 Å². The first-order valence-electron chi connectivity index (χ1n) is 6.10. The zero-order valence-electron chi connectivity index (χ0n) is 10.6. The summed E-state index contributed by atoms with van der Waals surface area (Å²) in [7, 11) is 0. The van der Waals surface area contributed by atoms with Gasteiger partial charge in [0.25, 0.3) is 0 Å². The Labute approximate surface area is 115 Å². The van der Waals surface area contributed by atoms with E-state index in [1.165, 1.54) is 12.1 Å². The quantitative estimate of drug-likeness (QED) is 0.916. The van der Waals surface area contributed by atoms with Crippen molar-refractivity contribution in [3.05, 3.63) is 46.3 Å². The average Bonchev–Trinajstić information content (AvgIpc) is 2.83. The Morgan fingerprint density at radius 2 is 2.26 bits per heavy atom. The van der Waals surface area contributed by atoms with Gasteiger partial charge in [-0.1, -0.05) is 29.7 Å². The molecule has 0 radical (unpaired) electrons. The molecule has 2 N–H and O–H groups in total. The van der Waals surface area contributed by atoms with Gasteiger partial charge >= 0.3 is 0 Å². The molecular formula is C13H15ClFN3O. The molecule has 19 heavy (non-hydrogen) atoms. The largest absolute Gasteiger partial charge is 0.339 e. The molecule has 1 unspecified atom stereocenters. The van der Waals surface area contributed by atoms with Crippen molar-refractivity contribution in [2.45, 2.75) is 25.7 Å². The summed E-state index contributed by atoms with van der Waals surface area (Å²) in [5.74, 6) is 0.773. The van der Waals surface area contributed by atoms with Gasteiger partial charge in [0.2, 0.25) is 5.89 Å². The lowest BCUT2D eigenvalue weighted by Gasteiger charge is -2.04. The number of halogens is 2. The Morgan fingerprint density at radius 3 is 2.89 bits per heavy atom. The molecule has 1 aromatic carbocycles. The molecule has 0 aliphatic rings. The number of nitrogens with two attached hydrogens (primary N) is 1. The van der Waals surface area contributed by atoms with E-state index in [0.717, 1.165) is 12.0 Å². The van der Waals surface area contributed by atoms with E-state index in [0.29, 0.717) is 29.7 Å². The predicted octanol–water partition coefficient (Wildman–Crippen LogP) is 2.91. The van der Waals surface area contributed by atoms with Crippen LogP contribution in [0.4, 0.5) is 4.39 Å². The molecule has 0 saturated carbocycles. The number of benzene rings is 1. The third-order valence-electron chi connectivity index (χ3n) is 2.97. The van der Waals surface area contributed by atoms with Crippen molar-refractivity contribution < 1.29 is 8.91 Å². The van der Waals surface area contributed by atoms with Gasteiger partial charge in [0.05, 0.1) is 5.92 Å². The van der Waals surface area contributed by atoms with E-state index in [1.807, 2.05) is 6.92 Å². The van der Waals surface area contributed by atoms with E-state index in [-0.39, 0.29) is 11.7 Å². The van der Waals surface area contributed by atoms with E-state index in [9.17, 15) is 4.39 Å². The monoisotopic (exact) mass is 283 g/mol. The van der Waals surface area contributed by atoms with Crippen molar-refractivity contribution >= 4 is 11.6 Å². The summed E-state index contributed by atoms with van der Waals surface area (Å²) < 4.78 is 18.1. The van der Waals surface area contributed by atoms with Gasteiger partial charge in [-0.25, -0.2) is 4.39 Å². The Hall–Kier alpha value is -1.46. The summed E-state index contributed by atoms with van der Waals surface area (Å²) in [5, 5.41) is 4.26. The minimum atomic E-state index is -0.364. The number of nitrogens with zero attached hydrogens (tertiary/aromatic N) is 2. The smallest absolute Gasteiger partial charge is 0.231 e. The Kier molecular flexibility index (Phi) is 4.50. The van der Waals surface area contributed by atoms with Crippen LogP contribution in [0.25, 0.3) is 0 Å². The van der Waals surface area contributed by atoms with Gasteiger partial charge in [0.15, 0.2) is 5.82 Å². The summed E-state index contributed by atoms with van der Waals surface area (Å²) >= 11 is 5.96. The second-order valence-electron chi connectivity index (χ2n) is 4.30. The van der Waals surface area contributed by atoms with Gasteiger partial charge in [0, 0.05) is 18.0 Å². The molecule has 4 nitrogen and oxygen atoms in total. The zero-order chi connectivity index (χ0) is 13.8. The molecule has 0 aliphatic carbocycles. The molecule has 0 spiro atoms. The maximum atomic E-state index is 12.9. The van der Waals surface area contributed by atoms with Crippen LogP contribution in [0.15, 0.2) is 22.7 Å². The fraction of sp³-hybridized carbons (Fsp3) is 0.385. The summed E-state index contributed by atoms with van der Waals surface area (Å²) in [5.41, 5.74) is 6.39. The van der Waals surface area contributed by atoms with E-state index >= 15 is 0 Å². The number of aromatic nitrogens is 2. The SMILES string of the molecule is CCC(CN)c1nc(Cc2ccc(F)cc2Cl)no1. The van der Waals surface area contributed by atoms with Gasteiger partial charge in [-0.2, -0.15) is 4.98 Å². The summed E-state index contributed by atoms with van der Waals surface area (Å²) in [6.07, 6.45) is 1.25. The molecule has 0 fully saturated rings. The maximum Gasteiger partial charge on any atom is 0.231 e. The molecule has 1 heterocycles. The van der Waals surface area contributed by atoms with E-state index in [2.05, 4.69) is 10.1 Å². The molecule has 1 aromatic heterocycles. The summed E-state index contributed by atoms with van der Waals surface area (Å²) in [6.45, 7) is 2.48. The Balaban J connectivity index is 2.15. The lowest BCUT2D eigenvalue weighted by atomic mass is 10.1. The third kappa shape index (κ3) is 3.30. The van der Waals surface area contributed by atoms with Crippen molar-refractivity contribution in [1.82, 2.24) is 10.1 Å². The van der Waals surface area contributed by atoms with Crippen LogP contribution in [0.2, 0.25) is 5.02 Å². The van der Waals surface area contributed by atoms with Crippen LogP contribution >= 0.6 is 11.6 Å². The van der Waals surface area contributed by atoms with Crippen molar-refractivity contribution in [1.29, 1.82) is 0 Å². The molecule has 0 aliphatic heterocycles. The lowest BCUT2D eigenvalue weighted by molar-refractivity contribution is 0.348. The van der Waals surface area contributed by atoms with E-state index in [1.54, 1.807) is 6.07 Å². The number of hydrogen-bond donors (Lipinski definition) is 1. The molecule has 0 amide bonds. The van der Waals surface area contributed by atoms with Gasteiger partial charge in [-0.15, -0.1) is 0 Å². The first kappa shape index (κ1) is 14.0. The van der Waals surface area contributed by atoms with Crippen LogP contribution in [-0.2, 0) is 6.42 Å². The van der Waals surface area contributed by atoms with Gasteiger partial charge < -0.3 is 10.3 Å². The molecule has 2 aromatic rings. The molecule has 6 heteroatoms. The van der Waals surface area contributed by atoms with Crippen molar-refractivity contribution in [2.75, 3.05) is 6.54 Å². The highest BCUT2D eigenvalue weighted by Crippen LogP contribution is 2.21. The minimum Gasteiger partial charge on any atom is -0.339 e. The maximum absolute atomic E-state index is 12.9. The fourth-order valence-corrected chi connectivity index (χ4v) is 2.02. The summed E-state index contributed by atoms with van der Waals surface area (Å²) in [4.78, 5) is 4.30. The van der Waals surface area contributed by atoms with Crippen LogP contribution in [0.1, 0.15) is 36.5 Å². The van der Waals surface area contributed by atoms with Crippen LogP contribution in [0.3, 0.4) is 0 Å². The molecule has 2 rings (SSSR count). The second kappa shape index (κ2) is 6.12. The van der Waals surface area contributed by atoms with Gasteiger partial charge in [-0.3, -0.25) is 0 Å². The second-order valence-corrected chi connectivity index (χ2v) is 4.71. The normalized spacial score (nSPS) is 12.6. The predicted molar refractivity (Wildman–Crippen MR) is 70.6 cm³/mol. The van der Waals surface area contributed by atoms with Crippen LogP contribution < -0.4 is 5.73 Å². The highest BCUT2D eigenvalue weighted by Gasteiger charge is 2.16. The standard InChI is InChI=1S/C13H15ClFN3O/c1-2-8(7-16)13-17-12(18-19-13)5-9-3-4-10(15)6-11(9)14/h3-4,6,8H,2,5,7,16H2,1H3. The number of hydrogen-bond acceptors (Lipinski definition) is 4. The first-order chi connectivity index (χ1) is 9.13. The highest BCUT2D eigenvalue weighted by atomic mass is 35.5. The summed E-state index contributed by atoms with van der Waals surface area (Å²) in [6, 6.07) is 4.25. The molecule has 102 valence electrons. The molecule has 1 atom stereocenters. The van der Waals surface area contributed by atoms with E-state index in [4.69, 9.17) is 21.9 Å². The molecule has 0 saturated heterocycles. The van der Waals surface area contributed by atoms with E-state index < -0.39 is 0 Å². The van der Waals surface area contributed by atoms with Crippen LogP contribution in [0, 0.1) is 5.82 Å². The lowest BCUT2D eigenvalue weighted by Crippen LogP contribution is -2.11. The molecule has 0 bridgehead atoms. The van der Waals surface area contributed by atoms with Crippen molar-refractivity contribution in [3.63, 3.8) is 0 Å². The average molecular weight is 284 g/mol. The Bertz CT molecular complexity index is 555. The zero-order valence-corrected chi connectivity index (χ0v) is 11.3. The van der Waals surface area contributed by atoms with Gasteiger partial charge in [-0.05, 0) is 24.1 Å². The third-order valence-corrected chi connectivity index (χ3v) is 3.33. The Morgan fingerprint density at radius 1 is 1.47 bits per heavy atom. The molecular weight excluding hydrogens is 269 g/mol. The fourth-order valence-electron chi connectivity index (χ4n) is 1.78. The topological polar surface area (TPSA) is 64.9 Å². The van der Waals surface area contributed by atoms with Crippen LogP contribution in [-0.4, -0.2) is 16.7 Å². The van der Waals surface area contributed by atoms with Crippen molar-refractivity contribution in [3.8, 4) is 0 Å². The first-order valence-corrected chi connectivity index (χ1v) is 6.48. The highest BCUT2D eigenvalue weighted by molar-refractivity contribution is 6.31. The van der Waals surface area contributed by atoms with Crippen LogP contribution in [0.5, 0.6) is 0 Å². The number of rotatable bonds is 5. The van der Waals surface area contributed by atoms with Crippen molar-refractivity contribution in [2.24, 2.45) is 5.73 Å². The minimum absolute atomic E-state index is 0.0740.